The number of thioether (sulfide) groups is 1. The molecule has 0 bridgehead atoms. The molecule has 0 saturated carbocycles. The highest BCUT2D eigenvalue weighted by Gasteiger charge is 2.09. The van der Waals surface area contributed by atoms with E-state index < -0.39 is 0 Å². The van der Waals surface area contributed by atoms with Crippen LogP contribution in [0, 0.1) is 0 Å². The Balaban J connectivity index is 1.81. The van der Waals surface area contributed by atoms with Crippen LogP contribution in [0.4, 0.5) is 0 Å². The maximum Gasteiger partial charge on any atom is 0.170 e. The maximum absolute atomic E-state index is 8.84. The van der Waals surface area contributed by atoms with Crippen LogP contribution in [0.25, 0.3) is 10.2 Å². The molecule has 6 heteroatoms. The van der Waals surface area contributed by atoms with Gasteiger partial charge in [0, 0.05) is 11.3 Å². The summed E-state index contributed by atoms with van der Waals surface area (Å²) in [5.74, 6) is 0.863. The van der Waals surface area contributed by atoms with Gasteiger partial charge >= 0.3 is 0 Å². The van der Waals surface area contributed by atoms with Crippen molar-refractivity contribution >= 4 is 39.2 Å². The SMILES string of the molecule is N/C(=N\O)c1ccccc1CSc1nc2ccccc2s1. The average Bonchev–Trinajstić information content (AvgIpc) is 2.95. The predicted octanol–water partition coefficient (Wildman–Crippen LogP) is 3.68. The molecule has 0 saturated heterocycles. The van der Waals surface area contributed by atoms with Crippen molar-refractivity contribution in [3.05, 3.63) is 59.7 Å². The quantitative estimate of drug-likeness (QED) is 0.253. The van der Waals surface area contributed by atoms with Crippen molar-refractivity contribution in [1.29, 1.82) is 0 Å². The van der Waals surface area contributed by atoms with Gasteiger partial charge in [-0.1, -0.05) is 53.3 Å². The molecule has 3 rings (SSSR count). The van der Waals surface area contributed by atoms with E-state index in [0.29, 0.717) is 0 Å². The number of thiazole rings is 1. The molecule has 106 valence electrons. The Morgan fingerprint density at radius 2 is 1.95 bits per heavy atom. The second-order valence-corrected chi connectivity index (χ2v) is 6.63. The molecule has 0 radical (unpaired) electrons. The minimum absolute atomic E-state index is 0.135. The summed E-state index contributed by atoms with van der Waals surface area (Å²) in [4.78, 5) is 4.59. The van der Waals surface area contributed by atoms with E-state index in [-0.39, 0.29) is 5.84 Å². The topological polar surface area (TPSA) is 71.5 Å². The van der Waals surface area contributed by atoms with Gasteiger partial charge in [-0.25, -0.2) is 4.98 Å². The minimum atomic E-state index is 0.135. The van der Waals surface area contributed by atoms with Gasteiger partial charge in [0.1, 0.15) is 0 Å². The van der Waals surface area contributed by atoms with Crippen molar-refractivity contribution in [2.45, 2.75) is 10.1 Å². The van der Waals surface area contributed by atoms with E-state index >= 15 is 0 Å². The van der Waals surface area contributed by atoms with Gasteiger partial charge in [-0.2, -0.15) is 0 Å². The number of nitrogens with zero attached hydrogens (tertiary/aromatic N) is 2. The lowest BCUT2D eigenvalue weighted by Crippen LogP contribution is -2.15. The number of rotatable bonds is 4. The molecule has 4 nitrogen and oxygen atoms in total. The molecule has 0 spiro atoms. The smallest absolute Gasteiger partial charge is 0.170 e. The average molecular weight is 315 g/mol. The van der Waals surface area contributed by atoms with Crippen molar-refractivity contribution in [2.24, 2.45) is 10.9 Å². The third kappa shape index (κ3) is 3.01. The summed E-state index contributed by atoms with van der Waals surface area (Å²) in [6.45, 7) is 0. The Kier molecular flexibility index (Phi) is 4.08. The molecular formula is C15H13N3OS2. The fourth-order valence-electron chi connectivity index (χ4n) is 2.00. The summed E-state index contributed by atoms with van der Waals surface area (Å²) in [5.41, 5.74) is 8.51. The largest absolute Gasteiger partial charge is 0.409 e. The van der Waals surface area contributed by atoms with Crippen LogP contribution in [0.2, 0.25) is 0 Å². The molecule has 0 unspecified atom stereocenters. The first-order chi connectivity index (χ1) is 10.3. The number of fused-ring (bicyclic) bond motifs is 1. The molecule has 21 heavy (non-hydrogen) atoms. The van der Waals surface area contributed by atoms with E-state index in [1.807, 2.05) is 42.5 Å². The van der Waals surface area contributed by atoms with Crippen molar-refractivity contribution in [3.8, 4) is 0 Å². The van der Waals surface area contributed by atoms with E-state index in [1.54, 1.807) is 23.1 Å². The second-order valence-electron chi connectivity index (χ2n) is 4.38. The number of para-hydroxylation sites is 1. The van der Waals surface area contributed by atoms with Crippen molar-refractivity contribution in [2.75, 3.05) is 0 Å². The zero-order valence-electron chi connectivity index (χ0n) is 11.1. The van der Waals surface area contributed by atoms with E-state index in [9.17, 15) is 0 Å². The highest BCUT2D eigenvalue weighted by atomic mass is 32.2. The van der Waals surface area contributed by atoms with Crippen LogP contribution < -0.4 is 5.73 Å². The molecule has 0 fully saturated rings. The number of hydrogen-bond donors (Lipinski definition) is 2. The van der Waals surface area contributed by atoms with Crippen LogP contribution >= 0.6 is 23.1 Å². The summed E-state index contributed by atoms with van der Waals surface area (Å²) in [7, 11) is 0. The number of benzene rings is 2. The van der Waals surface area contributed by atoms with Gasteiger partial charge < -0.3 is 10.9 Å². The third-order valence-electron chi connectivity index (χ3n) is 3.03. The van der Waals surface area contributed by atoms with Gasteiger partial charge in [0.2, 0.25) is 0 Å². The summed E-state index contributed by atoms with van der Waals surface area (Å²) in [6, 6.07) is 15.7. The van der Waals surface area contributed by atoms with Crippen LogP contribution in [0.5, 0.6) is 0 Å². The molecule has 0 atom stereocenters. The van der Waals surface area contributed by atoms with Gasteiger partial charge in [0.05, 0.1) is 10.2 Å². The lowest BCUT2D eigenvalue weighted by molar-refractivity contribution is 0.318. The van der Waals surface area contributed by atoms with Gasteiger partial charge in [-0.3, -0.25) is 0 Å². The lowest BCUT2D eigenvalue weighted by Gasteiger charge is -2.06. The van der Waals surface area contributed by atoms with E-state index in [2.05, 4.69) is 16.2 Å². The van der Waals surface area contributed by atoms with E-state index in [4.69, 9.17) is 10.9 Å². The highest BCUT2D eigenvalue weighted by Crippen LogP contribution is 2.31. The van der Waals surface area contributed by atoms with Crippen LogP contribution in [0.3, 0.4) is 0 Å². The van der Waals surface area contributed by atoms with Crippen LogP contribution in [0.15, 0.2) is 58.0 Å². The Hall–Kier alpha value is -2.05. The van der Waals surface area contributed by atoms with E-state index in [1.165, 1.54) is 4.70 Å². The normalized spacial score (nSPS) is 11.9. The standard InChI is InChI=1S/C15H13N3OS2/c16-14(18-19)11-6-2-1-5-10(11)9-20-15-17-12-7-3-4-8-13(12)21-15/h1-8,19H,9H2,(H2,16,18). The third-order valence-corrected chi connectivity index (χ3v) is 5.25. The number of amidine groups is 1. The van der Waals surface area contributed by atoms with Crippen molar-refractivity contribution in [1.82, 2.24) is 4.98 Å². The summed E-state index contributed by atoms with van der Waals surface area (Å²) in [5, 5.41) is 11.9. The van der Waals surface area contributed by atoms with Crippen LogP contribution in [-0.2, 0) is 5.75 Å². The molecular weight excluding hydrogens is 302 g/mol. The minimum Gasteiger partial charge on any atom is -0.409 e. The first-order valence-electron chi connectivity index (χ1n) is 6.32. The maximum atomic E-state index is 8.84. The van der Waals surface area contributed by atoms with Crippen molar-refractivity contribution in [3.63, 3.8) is 0 Å². The fourth-order valence-corrected chi connectivity index (χ4v) is 4.07. The zero-order valence-corrected chi connectivity index (χ0v) is 12.7. The Morgan fingerprint density at radius 3 is 2.76 bits per heavy atom. The van der Waals surface area contributed by atoms with Gasteiger partial charge in [-0.05, 0) is 17.7 Å². The summed E-state index contributed by atoms with van der Waals surface area (Å²) < 4.78 is 2.20. The molecule has 3 aromatic rings. The highest BCUT2D eigenvalue weighted by molar-refractivity contribution is 8.00. The molecule has 1 aromatic heterocycles. The molecule has 1 heterocycles. The fraction of sp³-hybridized carbons (Fsp3) is 0.0667. The van der Waals surface area contributed by atoms with Gasteiger partial charge in [0.15, 0.2) is 10.2 Å². The number of oxime groups is 1. The van der Waals surface area contributed by atoms with Crippen molar-refractivity contribution < 1.29 is 5.21 Å². The van der Waals surface area contributed by atoms with E-state index in [0.717, 1.165) is 26.7 Å². The molecule has 2 aromatic carbocycles. The number of aromatic nitrogens is 1. The van der Waals surface area contributed by atoms with Crippen LogP contribution in [-0.4, -0.2) is 16.0 Å². The van der Waals surface area contributed by atoms with Gasteiger partial charge in [0.25, 0.3) is 0 Å². The summed E-state index contributed by atoms with van der Waals surface area (Å²) >= 11 is 3.33. The number of hydrogen-bond acceptors (Lipinski definition) is 5. The first kappa shape index (κ1) is 13.9. The predicted molar refractivity (Wildman–Crippen MR) is 88.1 cm³/mol. The Morgan fingerprint density at radius 1 is 1.19 bits per heavy atom. The first-order valence-corrected chi connectivity index (χ1v) is 8.12. The monoisotopic (exact) mass is 315 g/mol. The van der Waals surface area contributed by atoms with Crippen LogP contribution in [0.1, 0.15) is 11.1 Å². The Bertz CT molecular complexity index is 765. The molecule has 0 amide bonds. The lowest BCUT2D eigenvalue weighted by atomic mass is 10.1. The molecule has 0 aliphatic heterocycles. The zero-order chi connectivity index (χ0) is 14.7. The Labute approximate surface area is 130 Å². The number of nitrogens with two attached hydrogens (primary N) is 1. The molecule has 0 aliphatic carbocycles. The molecule has 3 N–H and O–H groups in total. The summed E-state index contributed by atoms with van der Waals surface area (Å²) in [6.07, 6.45) is 0. The second kappa shape index (κ2) is 6.15. The molecule has 0 aliphatic rings. The van der Waals surface area contributed by atoms with Gasteiger partial charge in [-0.15, -0.1) is 11.3 Å².